The van der Waals surface area contributed by atoms with Gasteiger partial charge in [-0.2, -0.15) is 0 Å². The first-order valence-electron chi connectivity index (χ1n) is 6.43. The summed E-state index contributed by atoms with van der Waals surface area (Å²) in [6, 6.07) is 8.03. The number of nitrogens with zero attached hydrogens (tertiary/aromatic N) is 1. The van der Waals surface area contributed by atoms with E-state index in [9.17, 15) is 0 Å². The maximum Gasteiger partial charge on any atom is 0.209 e. The minimum Gasteiger partial charge on any atom is -0.475 e. The highest BCUT2D eigenvalue weighted by Crippen LogP contribution is 2.13. The zero-order chi connectivity index (χ0) is 14.3. The van der Waals surface area contributed by atoms with Gasteiger partial charge < -0.3 is 10.1 Å². The number of hydrogen-bond donors (Lipinski definition) is 1. The van der Waals surface area contributed by atoms with Gasteiger partial charge in [0.25, 0.3) is 0 Å². The molecule has 1 aromatic rings. The molecule has 0 atom stereocenters. The van der Waals surface area contributed by atoms with Gasteiger partial charge in [-0.25, -0.2) is 4.99 Å². The molecule has 0 aliphatic rings. The summed E-state index contributed by atoms with van der Waals surface area (Å²) in [7, 11) is 1.89. The molecule has 1 aromatic carbocycles. The molecule has 0 unspecified atom stereocenters. The van der Waals surface area contributed by atoms with Crippen LogP contribution < -0.4 is 5.32 Å². The molecule has 0 fully saturated rings. The Kier molecular flexibility index (Phi) is 5.86. The van der Waals surface area contributed by atoms with Crippen LogP contribution in [0.1, 0.15) is 26.3 Å². The monoisotopic (exact) mass is 258 g/mol. The SMILES string of the molecule is C=C/C(=N\C(=C/C)OC(C)C)c1ccc(NC)cc1. The quantitative estimate of drug-likeness (QED) is 0.618. The van der Waals surface area contributed by atoms with Crippen molar-refractivity contribution in [1.29, 1.82) is 0 Å². The van der Waals surface area contributed by atoms with Gasteiger partial charge in [0.2, 0.25) is 5.88 Å². The van der Waals surface area contributed by atoms with Crippen LogP contribution in [-0.2, 0) is 4.74 Å². The lowest BCUT2D eigenvalue weighted by atomic mass is 10.1. The summed E-state index contributed by atoms with van der Waals surface area (Å²) in [5.41, 5.74) is 2.88. The molecule has 0 spiro atoms. The summed E-state index contributed by atoms with van der Waals surface area (Å²) in [6.45, 7) is 9.69. The molecule has 3 nitrogen and oxygen atoms in total. The highest BCUT2D eigenvalue weighted by atomic mass is 16.5. The van der Waals surface area contributed by atoms with Gasteiger partial charge in [-0.1, -0.05) is 18.7 Å². The Morgan fingerprint density at radius 3 is 2.37 bits per heavy atom. The molecular weight excluding hydrogens is 236 g/mol. The van der Waals surface area contributed by atoms with Crippen molar-refractivity contribution in [3.8, 4) is 0 Å². The molecule has 0 saturated carbocycles. The average Bonchev–Trinajstić information content (AvgIpc) is 2.43. The van der Waals surface area contributed by atoms with Crippen molar-refractivity contribution in [2.45, 2.75) is 26.9 Å². The molecule has 0 bridgehead atoms. The number of allylic oxidation sites excluding steroid dienone is 2. The topological polar surface area (TPSA) is 33.6 Å². The number of nitrogens with one attached hydrogen (secondary N) is 1. The van der Waals surface area contributed by atoms with Crippen molar-refractivity contribution in [3.63, 3.8) is 0 Å². The maximum absolute atomic E-state index is 5.61. The third-order valence-electron chi connectivity index (χ3n) is 2.50. The fourth-order valence-electron chi connectivity index (χ4n) is 1.55. The first kappa shape index (κ1) is 15.0. The molecular formula is C16H22N2O. The molecule has 19 heavy (non-hydrogen) atoms. The van der Waals surface area contributed by atoms with Crippen LogP contribution in [0.4, 0.5) is 5.69 Å². The normalized spacial score (nSPS) is 12.5. The van der Waals surface area contributed by atoms with E-state index in [1.165, 1.54) is 0 Å². The van der Waals surface area contributed by atoms with E-state index in [0.29, 0.717) is 5.88 Å². The molecule has 0 radical (unpaired) electrons. The largest absolute Gasteiger partial charge is 0.475 e. The van der Waals surface area contributed by atoms with Gasteiger partial charge in [0.05, 0.1) is 11.8 Å². The van der Waals surface area contributed by atoms with Crippen LogP contribution in [0.3, 0.4) is 0 Å². The second kappa shape index (κ2) is 7.41. The lowest BCUT2D eigenvalue weighted by Crippen LogP contribution is -2.04. The smallest absolute Gasteiger partial charge is 0.209 e. The predicted molar refractivity (Wildman–Crippen MR) is 82.7 cm³/mol. The lowest BCUT2D eigenvalue weighted by molar-refractivity contribution is 0.145. The summed E-state index contributed by atoms with van der Waals surface area (Å²) in [5.74, 6) is 0.614. The third-order valence-corrected chi connectivity index (χ3v) is 2.50. The lowest BCUT2D eigenvalue weighted by Gasteiger charge is -2.11. The van der Waals surface area contributed by atoms with Crippen LogP contribution in [0.5, 0.6) is 0 Å². The van der Waals surface area contributed by atoms with Crippen molar-refractivity contribution >= 4 is 11.4 Å². The zero-order valence-corrected chi connectivity index (χ0v) is 12.1. The molecule has 0 aromatic heterocycles. The van der Waals surface area contributed by atoms with E-state index in [-0.39, 0.29) is 6.10 Å². The van der Waals surface area contributed by atoms with Gasteiger partial charge in [-0.15, -0.1) is 0 Å². The Morgan fingerprint density at radius 2 is 1.95 bits per heavy atom. The molecule has 1 rings (SSSR count). The van der Waals surface area contributed by atoms with E-state index in [4.69, 9.17) is 4.74 Å². The van der Waals surface area contributed by atoms with Gasteiger partial charge in [0.15, 0.2) is 0 Å². The first-order valence-corrected chi connectivity index (χ1v) is 6.43. The predicted octanol–water partition coefficient (Wildman–Crippen LogP) is 3.99. The van der Waals surface area contributed by atoms with E-state index in [0.717, 1.165) is 17.0 Å². The maximum atomic E-state index is 5.61. The van der Waals surface area contributed by atoms with Crippen LogP contribution >= 0.6 is 0 Å². The Morgan fingerprint density at radius 1 is 1.32 bits per heavy atom. The third kappa shape index (κ3) is 4.62. The van der Waals surface area contributed by atoms with Crippen LogP contribution in [0.2, 0.25) is 0 Å². The van der Waals surface area contributed by atoms with Crippen molar-refractivity contribution < 1.29 is 4.74 Å². The number of anilines is 1. The molecule has 0 saturated heterocycles. The van der Waals surface area contributed by atoms with E-state index in [1.807, 2.05) is 58.2 Å². The summed E-state index contributed by atoms with van der Waals surface area (Å²) >= 11 is 0. The number of benzene rings is 1. The highest BCUT2D eigenvalue weighted by Gasteiger charge is 2.03. The minimum atomic E-state index is 0.104. The van der Waals surface area contributed by atoms with Gasteiger partial charge in [0, 0.05) is 18.3 Å². The molecule has 0 heterocycles. The Balaban J connectivity index is 3.00. The Hall–Kier alpha value is -2.03. The van der Waals surface area contributed by atoms with Crippen molar-refractivity contribution in [2.24, 2.45) is 4.99 Å². The number of aliphatic imine (C=N–C) groups is 1. The minimum absolute atomic E-state index is 0.104. The van der Waals surface area contributed by atoms with Gasteiger partial charge in [0.1, 0.15) is 0 Å². The van der Waals surface area contributed by atoms with E-state index < -0.39 is 0 Å². The van der Waals surface area contributed by atoms with Gasteiger partial charge in [-0.3, -0.25) is 0 Å². The second-order valence-corrected chi connectivity index (χ2v) is 4.32. The van der Waals surface area contributed by atoms with Gasteiger partial charge >= 0.3 is 0 Å². The number of rotatable bonds is 6. The fourth-order valence-corrected chi connectivity index (χ4v) is 1.55. The van der Waals surface area contributed by atoms with E-state index in [1.54, 1.807) is 6.08 Å². The second-order valence-electron chi connectivity index (χ2n) is 4.32. The van der Waals surface area contributed by atoms with Crippen molar-refractivity contribution in [3.05, 3.63) is 54.4 Å². The molecule has 1 N–H and O–H groups in total. The van der Waals surface area contributed by atoms with Crippen LogP contribution in [0.15, 0.2) is 53.9 Å². The number of ether oxygens (including phenoxy) is 1. The average molecular weight is 258 g/mol. The molecule has 3 heteroatoms. The van der Waals surface area contributed by atoms with Crippen LogP contribution in [-0.4, -0.2) is 18.9 Å². The zero-order valence-electron chi connectivity index (χ0n) is 12.1. The molecule has 0 aliphatic heterocycles. The van der Waals surface area contributed by atoms with Crippen LogP contribution in [0.25, 0.3) is 0 Å². The summed E-state index contributed by atoms with van der Waals surface area (Å²) in [6.07, 6.45) is 3.69. The molecule has 0 aliphatic carbocycles. The Labute approximate surface area is 115 Å². The van der Waals surface area contributed by atoms with Crippen molar-refractivity contribution in [2.75, 3.05) is 12.4 Å². The Bertz CT molecular complexity index is 470. The summed E-state index contributed by atoms with van der Waals surface area (Å²) in [5, 5.41) is 3.09. The van der Waals surface area contributed by atoms with E-state index in [2.05, 4.69) is 16.9 Å². The highest BCUT2D eigenvalue weighted by molar-refractivity contribution is 6.08. The fraction of sp³-hybridized carbons (Fsp3) is 0.312. The number of hydrogen-bond acceptors (Lipinski definition) is 3. The van der Waals surface area contributed by atoms with E-state index >= 15 is 0 Å². The molecule has 0 amide bonds. The summed E-state index contributed by atoms with van der Waals surface area (Å²) in [4.78, 5) is 4.50. The van der Waals surface area contributed by atoms with Gasteiger partial charge in [-0.05, 0) is 45.1 Å². The standard InChI is InChI=1S/C16H22N2O/c1-6-15(18-16(7-2)19-12(3)4)13-8-10-14(17-5)11-9-13/h6-12,17H,1H2,2-5H3/b16-7+,18-15+. The van der Waals surface area contributed by atoms with Crippen LogP contribution in [0, 0.1) is 0 Å². The first-order chi connectivity index (χ1) is 9.10. The molecule has 102 valence electrons. The van der Waals surface area contributed by atoms with Crippen molar-refractivity contribution in [1.82, 2.24) is 0 Å². The summed E-state index contributed by atoms with van der Waals surface area (Å²) < 4.78 is 5.61.